The minimum atomic E-state index is -0.208. The van der Waals surface area contributed by atoms with E-state index in [1.807, 2.05) is 38.1 Å². The molecule has 1 N–H and O–H groups in total. The summed E-state index contributed by atoms with van der Waals surface area (Å²) in [6.45, 7) is 4.04. The number of benzene rings is 1. The summed E-state index contributed by atoms with van der Waals surface area (Å²) >= 11 is 2.89. The number of methoxy groups -OCH3 is 1. The summed E-state index contributed by atoms with van der Waals surface area (Å²) in [7, 11) is 1.61. The number of thioether (sulfide) groups is 1. The highest BCUT2D eigenvalue weighted by Crippen LogP contribution is 2.30. The molecule has 0 radical (unpaired) electrons. The van der Waals surface area contributed by atoms with Crippen molar-refractivity contribution in [1.82, 2.24) is 10.2 Å². The maximum atomic E-state index is 12.4. The van der Waals surface area contributed by atoms with E-state index in [-0.39, 0.29) is 17.1 Å². The number of hydrogen-bond acceptors (Lipinski definition) is 6. The van der Waals surface area contributed by atoms with Gasteiger partial charge in [-0.25, -0.2) is 0 Å². The summed E-state index contributed by atoms with van der Waals surface area (Å²) in [6.07, 6.45) is 0. The van der Waals surface area contributed by atoms with Crippen LogP contribution in [0.2, 0.25) is 0 Å². The third-order valence-corrected chi connectivity index (χ3v) is 5.15. The van der Waals surface area contributed by atoms with Gasteiger partial charge in [0.05, 0.1) is 12.4 Å². The quantitative estimate of drug-likeness (QED) is 0.826. The monoisotopic (exact) mass is 323 g/mol. The molecule has 1 unspecified atom stereocenters. The van der Waals surface area contributed by atoms with Gasteiger partial charge in [-0.05, 0) is 30.2 Å². The molecule has 1 aromatic carbocycles. The molecular weight excluding hydrogens is 306 g/mol. The normalized spacial score (nSPS) is 12.2. The van der Waals surface area contributed by atoms with E-state index in [9.17, 15) is 4.79 Å². The van der Waals surface area contributed by atoms with Gasteiger partial charge in [0, 0.05) is 5.69 Å². The number of aromatic nitrogens is 2. The van der Waals surface area contributed by atoms with Crippen LogP contribution in [0.5, 0.6) is 5.75 Å². The number of anilines is 1. The number of carbonyl (C=O) groups is 1. The maximum Gasteiger partial charge on any atom is 0.238 e. The van der Waals surface area contributed by atoms with Gasteiger partial charge in [-0.1, -0.05) is 36.9 Å². The Kier molecular flexibility index (Phi) is 5.58. The van der Waals surface area contributed by atoms with Crippen LogP contribution in [0.3, 0.4) is 0 Å². The summed E-state index contributed by atoms with van der Waals surface area (Å²) in [4.78, 5) is 12.4. The molecule has 1 heterocycles. The van der Waals surface area contributed by atoms with Crippen molar-refractivity contribution in [2.75, 3.05) is 12.4 Å². The fourth-order valence-corrected chi connectivity index (χ4v) is 3.39. The van der Waals surface area contributed by atoms with Gasteiger partial charge < -0.3 is 10.1 Å². The number of amides is 1. The van der Waals surface area contributed by atoms with E-state index in [2.05, 4.69) is 15.5 Å². The highest BCUT2D eigenvalue weighted by atomic mass is 32.2. The lowest BCUT2D eigenvalue weighted by atomic mass is 10.1. The number of hydrogen-bond donors (Lipinski definition) is 1. The molecule has 7 heteroatoms. The standard InChI is InChI=1S/C14H17N3O2S2/c1-9(2)12(21-14-17-15-8-20-14)13(18)16-10-4-6-11(19-3)7-5-10/h4-9,12H,1-3H3,(H,16,18). The van der Waals surface area contributed by atoms with Crippen LogP contribution in [0.1, 0.15) is 13.8 Å². The summed E-state index contributed by atoms with van der Waals surface area (Å²) in [5.41, 5.74) is 2.42. The molecule has 0 saturated heterocycles. The summed E-state index contributed by atoms with van der Waals surface area (Å²) in [5.74, 6) is 0.921. The first-order chi connectivity index (χ1) is 10.1. The van der Waals surface area contributed by atoms with Crippen molar-refractivity contribution in [1.29, 1.82) is 0 Å². The van der Waals surface area contributed by atoms with Crippen LogP contribution in [0.15, 0.2) is 34.1 Å². The molecule has 0 aliphatic rings. The van der Waals surface area contributed by atoms with Crippen molar-refractivity contribution in [2.45, 2.75) is 23.4 Å². The van der Waals surface area contributed by atoms with Crippen molar-refractivity contribution in [3.63, 3.8) is 0 Å². The minimum Gasteiger partial charge on any atom is -0.497 e. The Morgan fingerprint density at radius 3 is 2.57 bits per heavy atom. The molecule has 0 fully saturated rings. The van der Waals surface area contributed by atoms with Crippen LogP contribution < -0.4 is 10.1 Å². The van der Waals surface area contributed by atoms with Gasteiger partial charge in [-0.15, -0.1) is 10.2 Å². The van der Waals surface area contributed by atoms with Gasteiger partial charge >= 0.3 is 0 Å². The zero-order chi connectivity index (χ0) is 15.2. The molecule has 0 bridgehead atoms. The van der Waals surface area contributed by atoms with Crippen molar-refractivity contribution in [3.8, 4) is 5.75 Å². The lowest BCUT2D eigenvalue weighted by molar-refractivity contribution is -0.116. The van der Waals surface area contributed by atoms with Crippen molar-refractivity contribution < 1.29 is 9.53 Å². The molecule has 0 aliphatic heterocycles. The summed E-state index contributed by atoms with van der Waals surface area (Å²) in [6, 6.07) is 7.28. The zero-order valence-electron chi connectivity index (χ0n) is 12.1. The van der Waals surface area contributed by atoms with E-state index in [1.54, 1.807) is 12.6 Å². The SMILES string of the molecule is COc1ccc(NC(=O)C(Sc2nncs2)C(C)C)cc1. The Morgan fingerprint density at radius 1 is 1.33 bits per heavy atom. The first kappa shape index (κ1) is 15.8. The molecule has 0 saturated carbocycles. The highest BCUT2D eigenvalue weighted by molar-refractivity contribution is 8.02. The van der Waals surface area contributed by atoms with Crippen LogP contribution in [0.4, 0.5) is 5.69 Å². The van der Waals surface area contributed by atoms with E-state index in [1.165, 1.54) is 23.1 Å². The smallest absolute Gasteiger partial charge is 0.238 e. The number of nitrogens with zero attached hydrogens (tertiary/aromatic N) is 2. The average molecular weight is 323 g/mol. The zero-order valence-corrected chi connectivity index (χ0v) is 13.7. The van der Waals surface area contributed by atoms with E-state index in [0.29, 0.717) is 0 Å². The lowest BCUT2D eigenvalue weighted by Gasteiger charge is -2.18. The second kappa shape index (κ2) is 7.42. The van der Waals surface area contributed by atoms with Crippen LogP contribution in [-0.4, -0.2) is 28.5 Å². The van der Waals surface area contributed by atoms with Crippen molar-refractivity contribution in [2.24, 2.45) is 5.92 Å². The summed E-state index contributed by atoms with van der Waals surface area (Å²) < 4.78 is 5.90. The van der Waals surface area contributed by atoms with Crippen LogP contribution >= 0.6 is 23.1 Å². The fourth-order valence-electron chi connectivity index (χ4n) is 1.70. The third kappa shape index (κ3) is 4.44. The van der Waals surface area contributed by atoms with Crippen molar-refractivity contribution in [3.05, 3.63) is 29.8 Å². The maximum absolute atomic E-state index is 12.4. The number of nitrogens with one attached hydrogen (secondary N) is 1. The average Bonchev–Trinajstić information content (AvgIpc) is 2.98. The Hall–Kier alpha value is -1.60. The van der Waals surface area contributed by atoms with Crippen LogP contribution in [0.25, 0.3) is 0 Å². The molecule has 2 aromatic rings. The molecule has 1 amide bonds. The molecule has 0 aliphatic carbocycles. The Bertz CT molecular complexity index is 570. The fraction of sp³-hybridized carbons (Fsp3) is 0.357. The van der Waals surface area contributed by atoms with E-state index >= 15 is 0 Å². The molecule has 1 aromatic heterocycles. The van der Waals surface area contributed by atoms with Gasteiger partial charge in [0.1, 0.15) is 11.3 Å². The number of rotatable bonds is 6. The molecule has 21 heavy (non-hydrogen) atoms. The first-order valence-electron chi connectivity index (χ1n) is 6.48. The molecule has 5 nitrogen and oxygen atoms in total. The van der Waals surface area contributed by atoms with Gasteiger partial charge in [-0.2, -0.15) is 0 Å². The Balaban J connectivity index is 2.03. The van der Waals surface area contributed by atoms with E-state index in [4.69, 9.17) is 4.74 Å². The van der Waals surface area contributed by atoms with E-state index < -0.39 is 0 Å². The predicted octanol–water partition coefficient (Wildman–Crippen LogP) is 3.30. The largest absolute Gasteiger partial charge is 0.497 e. The molecule has 1 atom stereocenters. The van der Waals surface area contributed by atoms with Gasteiger partial charge in [0.25, 0.3) is 0 Å². The van der Waals surface area contributed by atoms with Crippen LogP contribution in [-0.2, 0) is 4.79 Å². The Morgan fingerprint density at radius 2 is 2.05 bits per heavy atom. The van der Waals surface area contributed by atoms with Gasteiger partial charge in [0.2, 0.25) is 5.91 Å². The van der Waals surface area contributed by atoms with Crippen molar-refractivity contribution >= 4 is 34.7 Å². The van der Waals surface area contributed by atoms with Gasteiger partial charge in [-0.3, -0.25) is 4.79 Å². The second-order valence-electron chi connectivity index (χ2n) is 4.70. The lowest BCUT2D eigenvalue weighted by Crippen LogP contribution is -2.29. The Labute approximate surface area is 132 Å². The molecule has 2 rings (SSSR count). The molecule has 0 spiro atoms. The third-order valence-electron chi connectivity index (χ3n) is 2.79. The number of carbonyl (C=O) groups excluding carboxylic acids is 1. The van der Waals surface area contributed by atoms with Gasteiger partial charge in [0.15, 0.2) is 4.34 Å². The highest BCUT2D eigenvalue weighted by Gasteiger charge is 2.24. The second-order valence-corrected chi connectivity index (χ2v) is 6.93. The molecule has 112 valence electrons. The summed E-state index contributed by atoms with van der Waals surface area (Å²) in [5, 5.41) is 10.5. The van der Waals surface area contributed by atoms with E-state index in [0.717, 1.165) is 15.8 Å². The topological polar surface area (TPSA) is 64.1 Å². The predicted molar refractivity (Wildman–Crippen MR) is 86.0 cm³/mol. The first-order valence-corrected chi connectivity index (χ1v) is 8.24. The molecular formula is C14H17N3O2S2. The minimum absolute atomic E-state index is 0.0321. The number of ether oxygens (including phenoxy) is 1. The van der Waals surface area contributed by atoms with Crippen LogP contribution in [0, 0.1) is 5.92 Å².